The van der Waals surface area contributed by atoms with Gasteiger partial charge in [-0.1, -0.05) is 101 Å². The summed E-state index contributed by atoms with van der Waals surface area (Å²) in [5.74, 6) is -0.134. The molecule has 2 aromatic carbocycles. The third kappa shape index (κ3) is 16.0. The Labute approximate surface area is 180 Å². The molecule has 0 bridgehead atoms. The van der Waals surface area contributed by atoms with Gasteiger partial charge < -0.3 is 10.9 Å². The standard InChI is InChI=1S/C9H10.C8H8.C7H14O2.2CH4.H3N/c1-2-6-9-7-4-3-5-8-9;1-2-8-6-4-3-5-7-8;1-5-7(2,3)6(8)9-4;;;/h2-5,7-8H,1,6H2;2-7H,1H2;5H2,1-4H3;2*1H4;1H3. The molecule has 3 N–H and O–H groups in total. The van der Waals surface area contributed by atoms with E-state index in [2.05, 4.69) is 30.0 Å². The highest BCUT2D eigenvalue weighted by atomic mass is 16.5. The molecule has 3 heteroatoms. The molecule has 0 unspecified atom stereocenters. The van der Waals surface area contributed by atoms with E-state index in [9.17, 15) is 4.79 Å². The summed E-state index contributed by atoms with van der Waals surface area (Å²) in [6.07, 6.45) is 5.54. The van der Waals surface area contributed by atoms with Crippen molar-refractivity contribution in [3.8, 4) is 0 Å². The Balaban J connectivity index is -0.000000154. The lowest BCUT2D eigenvalue weighted by molar-refractivity contribution is -0.150. The number of hydrogen-bond donors (Lipinski definition) is 1. The second-order valence-electron chi connectivity index (χ2n) is 6.32. The maximum Gasteiger partial charge on any atom is 0.311 e. The van der Waals surface area contributed by atoms with Gasteiger partial charge in [0.15, 0.2) is 0 Å². The molecule has 3 nitrogen and oxygen atoms in total. The van der Waals surface area contributed by atoms with E-state index in [1.807, 2.05) is 81.5 Å². The van der Waals surface area contributed by atoms with Gasteiger partial charge in [-0.2, -0.15) is 0 Å². The smallest absolute Gasteiger partial charge is 0.311 e. The average Bonchev–Trinajstić information content (AvgIpc) is 2.70. The molecule has 0 fully saturated rings. The Morgan fingerprint density at radius 1 is 0.966 bits per heavy atom. The number of hydrogen-bond acceptors (Lipinski definition) is 3. The van der Waals surface area contributed by atoms with Crippen molar-refractivity contribution in [2.45, 2.75) is 48.5 Å². The Kier molecular flexibility index (Phi) is 23.5. The Bertz CT molecular complexity index is 634. The van der Waals surface area contributed by atoms with Gasteiger partial charge in [0.25, 0.3) is 0 Å². The summed E-state index contributed by atoms with van der Waals surface area (Å²) in [4.78, 5) is 10.8. The largest absolute Gasteiger partial charge is 0.469 e. The van der Waals surface area contributed by atoms with Gasteiger partial charge in [-0.25, -0.2) is 0 Å². The van der Waals surface area contributed by atoms with E-state index in [0.29, 0.717) is 0 Å². The van der Waals surface area contributed by atoms with Crippen LogP contribution in [-0.2, 0) is 16.0 Å². The molecular formula is C26H43NO2. The maximum atomic E-state index is 10.8. The first kappa shape index (κ1) is 33.9. The van der Waals surface area contributed by atoms with Crippen LogP contribution in [0.15, 0.2) is 79.9 Å². The molecule has 0 spiro atoms. The van der Waals surface area contributed by atoms with Crippen molar-refractivity contribution in [2.75, 3.05) is 7.11 Å². The molecule has 0 aliphatic carbocycles. The van der Waals surface area contributed by atoms with E-state index in [0.717, 1.165) is 12.8 Å². The monoisotopic (exact) mass is 401 g/mol. The minimum Gasteiger partial charge on any atom is -0.469 e. The van der Waals surface area contributed by atoms with Gasteiger partial charge in [-0.05, 0) is 37.8 Å². The maximum absolute atomic E-state index is 10.8. The summed E-state index contributed by atoms with van der Waals surface area (Å²) in [5.41, 5.74) is 2.19. The first-order valence-corrected chi connectivity index (χ1v) is 8.82. The van der Waals surface area contributed by atoms with Crippen molar-refractivity contribution < 1.29 is 9.53 Å². The highest BCUT2D eigenvalue weighted by Gasteiger charge is 2.25. The molecule has 0 atom stereocenters. The number of benzene rings is 2. The molecule has 0 aliphatic heterocycles. The predicted octanol–water partition coefficient (Wildman–Crippen LogP) is 7.77. The molecule has 0 aliphatic rings. The van der Waals surface area contributed by atoms with E-state index in [1.54, 1.807) is 0 Å². The van der Waals surface area contributed by atoms with Crippen LogP contribution in [0.3, 0.4) is 0 Å². The zero-order valence-corrected chi connectivity index (χ0v) is 17.3. The number of ether oxygens (including phenoxy) is 1. The number of rotatable bonds is 5. The molecule has 2 rings (SSSR count). The summed E-state index contributed by atoms with van der Waals surface area (Å²) in [7, 11) is 1.42. The summed E-state index contributed by atoms with van der Waals surface area (Å²) < 4.78 is 4.57. The normalized spacial score (nSPS) is 8.55. The van der Waals surface area contributed by atoms with Crippen LogP contribution in [0.4, 0.5) is 0 Å². The first-order valence-electron chi connectivity index (χ1n) is 8.82. The van der Waals surface area contributed by atoms with E-state index >= 15 is 0 Å². The van der Waals surface area contributed by atoms with Crippen molar-refractivity contribution in [3.63, 3.8) is 0 Å². The van der Waals surface area contributed by atoms with Crippen LogP contribution in [0.2, 0.25) is 0 Å². The van der Waals surface area contributed by atoms with E-state index in [4.69, 9.17) is 0 Å². The van der Waals surface area contributed by atoms with Crippen LogP contribution in [0.1, 0.15) is 53.2 Å². The van der Waals surface area contributed by atoms with Crippen LogP contribution in [0.25, 0.3) is 6.08 Å². The fourth-order valence-electron chi connectivity index (χ4n) is 1.79. The third-order valence-electron chi connectivity index (χ3n) is 3.88. The van der Waals surface area contributed by atoms with Crippen LogP contribution in [0.5, 0.6) is 0 Å². The molecule has 2 aromatic rings. The van der Waals surface area contributed by atoms with Gasteiger partial charge >= 0.3 is 5.97 Å². The van der Waals surface area contributed by atoms with Crippen molar-refractivity contribution in [1.29, 1.82) is 0 Å². The fraction of sp³-hybridized carbons (Fsp3) is 0.346. The molecule has 164 valence electrons. The summed E-state index contributed by atoms with van der Waals surface area (Å²) in [5, 5.41) is 0. The van der Waals surface area contributed by atoms with Gasteiger partial charge in [0.05, 0.1) is 12.5 Å². The lowest BCUT2D eigenvalue weighted by Gasteiger charge is -2.17. The van der Waals surface area contributed by atoms with E-state index in [-0.39, 0.29) is 32.4 Å². The van der Waals surface area contributed by atoms with Gasteiger partial charge in [0.1, 0.15) is 0 Å². The Hall–Kier alpha value is -2.65. The number of allylic oxidation sites excluding steroid dienone is 1. The van der Waals surface area contributed by atoms with Crippen LogP contribution in [-0.4, -0.2) is 13.1 Å². The van der Waals surface area contributed by atoms with Crippen molar-refractivity contribution in [2.24, 2.45) is 5.41 Å². The lowest BCUT2D eigenvalue weighted by atomic mass is 9.91. The second kappa shape index (κ2) is 20.1. The highest BCUT2D eigenvalue weighted by Crippen LogP contribution is 2.20. The minimum absolute atomic E-state index is 0. The Morgan fingerprint density at radius 3 is 1.69 bits per heavy atom. The zero-order valence-electron chi connectivity index (χ0n) is 17.3. The SMILES string of the molecule is C.C.C=CCc1ccccc1.C=Cc1ccccc1.CCC(C)(C)C(=O)OC.N. The Morgan fingerprint density at radius 2 is 1.41 bits per heavy atom. The molecular weight excluding hydrogens is 358 g/mol. The van der Waals surface area contributed by atoms with Crippen LogP contribution in [0, 0.1) is 5.41 Å². The van der Waals surface area contributed by atoms with Crippen LogP contribution >= 0.6 is 0 Å². The quantitative estimate of drug-likeness (QED) is 0.411. The summed E-state index contributed by atoms with van der Waals surface area (Å²) in [6.45, 7) is 13.0. The predicted molar refractivity (Wildman–Crippen MR) is 131 cm³/mol. The molecule has 0 aromatic heterocycles. The molecule has 0 radical (unpaired) electrons. The summed E-state index contributed by atoms with van der Waals surface area (Å²) >= 11 is 0. The lowest BCUT2D eigenvalue weighted by Crippen LogP contribution is -2.24. The minimum atomic E-state index is -0.311. The second-order valence-corrected chi connectivity index (χ2v) is 6.32. The van der Waals surface area contributed by atoms with Crippen molar-refractivity contribution >= 4 is 12.0 Å². The first-order chi connectivity index (χ1) is 12.4. The number of methoxy groups -OCH3 is 1. The molecule has 29 heavy (non-hydrogen) atoms. The number of carbonyl (C=O) groups excluding carboxylic acids is 1. The third-order valence-corrected chi connectivity index (χ3v) is 3.88. The van der Waals surface area contributed by atoms with Gasteiger partial charge in [-0.15, -0.1) is 6.58 Å². The van der Waals surface area contributed by atoms with Crippen LogP contribution < -0.4 is 6.15 Å². The molecule has 0 saturated carbocycles. The van der Waals surface area contributed by atoms with Gasteiger partial charge in [0.2, 0.25) is 0 Å². The zero-order chi connectivity index (χ0) is 19.8. The molecule has 0 amide bonds. The van der Waals surface area contributed by atoms with Gasteiger partial charge in [0, 0.05) is 0 Å². The topological polar surface area (TPSA) is 61.3 Å². The molecule has 0 saturated heterocycles. The van der Waals surface area contributed by atoms with Crippen molar-refractivity contribution in [3.05, 3.63) is 91.0 Å². The van der Waals surface area contributed by atoms with E-state index < -0.39 is 0 Å². The average molecular weight is 402 g/mol. The number of carbonyl (C=O) groups is 1. The van der Waals surface area contributed by atoms with Crippen molar-refractivity contribution in [1.82, 2.24) is 6.15 Å². The molecule has 0 heterocycles. The summed E-state index contributed by atoms with van der Waals surface area (Å²) in [6, 6.07) is 20.3. The number of esters is 1. The van der Waals surface area contributed by atoms with E-state index in [1.165, 1.54) is 18.2 Å². The fourth-order valence-corrected chi connectivity index (χ4v) is 1.79. The highest BCUT2D eigenvalue weighted by molar-refractivity contribution is 5.75. The van der Waals surface area contributed by atoms with Gasteiger partial charge in [-0.3, -0.25) is 4.79 Å².